The molecular weight excluding hydrogens is 226 g/mol. The Balaban J connectivity index is 1.88. The van der Waals surface area contributed by atoms with Crippen molar-refractivity contribution in [3.8, 4) is 0 Å². The van der Waals surface area contributed by atoms with Crippen LogP contribution in [-0.4, -0.2) is 39.9 Å². The van der Waals surface area contributed by atoms with Gasteiger partial charge in [0.25, 0.3) is 0 Å². The van der Waals surface area contributed by atoms with E-state index >= 15 is 0 Å². The van der Waals surface area contributed by atoms with Gasteiger partial charge in [-0.3, -0.25) is 10.3 Å². The second-order valence-electron chi connectivity index (χ2n) is 4.07. The Morgan fingerprint density at radius 3 is 3.12 bits per heavy atom. The van der Waals surface area contributed by atoms with Crippen LogP contribution in [0, 0.1) is 5.92 Å². The first kappa shape index (κ1) is 11.7. The lowest BCUT2D eigenvalue weighted by molar-refractivity contribution is 0.115. The van der Waals surface area contributed by atoms with Gasteiger partial charge in [0.2, 0.25) is 5.13 Å². The quantitative estimate of drug-likeness (QED) is 0.511. The van der Waals surface area contributed by atoms with Gasteiger partial charge in [0.1, 0.15) is 5.01 Å². The van der Waals surface area contributed by atoms with Gasteiger partial charge >= 0.3 is 0 Å². The Morgan fingerprint density at radius 2 is 2.44 bits per heavy atom. The first-order chi connectivity index (χ1) is 7.81. The summed E-state index contributed by atoms with van der Waals surface area (Å²) < 4.78 is 0. The van der Waals surface area contributed by atoms with Crippen molar-refractivity contribution in [3.63, 3.8) is 0 Å². The normalized spacial score (nSPS) is 22.2. The van der Waals surface area contributed by atoms with E-state index in [9.17, 15) is 0 Å². The van der Waals surface area contributed by atoms with Gasteiger partial charge in [0, 0.05) is 13.2 Å². The molecule has 1 aromatic heterocycles. The number of hydrogen-bond donors (Lipinski definition) is 3. The number of piperidine rings is 1. The van der Waals surface area contributed by atoms with Gasteiger partial charge in [-0.2, -0.15) is 0 Å². The maximum absolute atomic E-state index is 9.14. The third-order valence-electron chi connectivity index (χ3n) is 2.81. The summed E-state index contributed by atoms with van der Waals surface area (Å²) in [4.78, 5) is 2.31. The van der Waals surface area contributed by atoms with Crippen molar-refractivity contribution < 1.29 is 5.11 Å². The number of nitrogens with one attached hydrogen (secondary N) is 1. The highest BCUT2D eigenvalue weighted by Gasteiger charge is 2.20. The van der Waals surface area contributed by atoms with Crippen LogP contribution >= 0.6 is 11.3 Å². The van der Waals surface area contributed by atoms with Crippen molar-refractivity contribution in [3.05, 3.63) is 5.01 Å². The molecule has 1 aliphatic rings. The summed E-state index contributed by atoms with van der Waals surface area (Å²) in [6.07, 6.45) is 2.27. The van der Waals surface area contributed by atoms with Gasteiger partial charge < -0.3 is 5.11 Å². The second-order valence-corrected chi connectivity index (χ2v) is 5.13. The third-order valence-corrected chi connectivity index (χ3v) is 3.65. The average Bonchev–Trinajstić information content (AvgIpc) is 2.77. The number of likely N-dealkylation sites (tertiary alicyclic amines) is 1. The molecule has 90 valence electrons. The minimum absolute atomic E-state index is 0.280. The Kier molecular flexibility index (Phi) is 4.05. The fourth-order valence-electron chi connectivity index (χ4n) is 2.01. The number of anilines is 1. The monoisotopic (exact) mass is 243 g/mol. The van der Waals surface area contributed by atoms with Crippen LogP contribution in [0.1, 0.15) is 17.8 Å². The Hall–Kier alpha value is -0.760. The molecule has 1 fully saturated rings. The zero-order valence-electron chi connectivity index (χ0n) is 9.09. The molecule has 0 radical (unpaired) electrons. The standard InChI is InChI=1S/C9H17N5OS/c10-11-9-13-12-8(16-9)5-14-3-1-2-7(4-14)6-15/h7,15H,1-6,10H2,(H,11,13). The summed E-state index contributed by atoms with van der Waals surface area (Å²) >= 11 is 1.47. The van der Waals surface area contributed by atoms with Crippen LogP contribution in [-0.2, 0) is 6.54 Å². The average molecular weight is 243 g/mol. The Labute approximate surface area is 98.4 Å². The van der Waals surface area contributed by atoms with Gasteiger partial charge in [-0.1, -0.05) is 11.3 Å². The number of hydrazine groups is 1. The van der Waals surface area contributed by atoms with Crippen molar-refractivity contribution in [1.82, 2.24) is 15.1 Å². The fraction of sp³-hybridized carbons (Fsp3) is 0.778. The molecule has 2 rings (SSSR count). The number of aliphatic hydroxyl groups is 1. The fourth-order valence-corrected chi connectivity index (χ4v) is 2.70. The third kappa shape index (κ3) is 2.88. The molecule has 2 heterocycles. The highest BCUT2D eigenvalue weighted by atomic mass is 32.1. The van der Waals surface area contributed by atoms with Crippen molar-refractivity contribution in [2.75, 3.05) is 25.1 Å². The summed E-state index contributed by atoms with van der Waals surface area (Å²) in [7, 11) is 0. The number of hydrogen-bond acceptors (Lipinski definition) is 7. The van der Waals surface area contributed by atoms with E-state index < -0.39 is 0 Å². The van der Waals surface area contributed by atoms with Crippen LogP contribution in [0.25, 0.3) is 0 Å². The molecule has 1 unspecified atom stereocenters. The van der Waals surface area contributed by atoms with E-state index in [2.05, 4.69) is 20.5 Å². The second kappa shape index (κ2) is 5.53. The van der Waals surface area contributed by atoms with Crippen LogP contribution in [0.15, 0.2) is 0 Å². The summed E-state index contributed by atoms with van der Waals surface area (Å²) in [5, 5.41) is 18.7. The molecule has 0 aromatic carbocycles. The highest BCUT2D eigenvalue weighted by molar-refractivity contribution is 7.15. The van der Waals surface area contributed by atoms with Crippen LogP contribution in [0.2, 0.25) is 0 Å². The zero-order chi connectivity index (χ0) is 11.4. The predicted molar refractivity (Wildman–Crippen MR) is 62.8 cm³/mol. The van der Waals surface area contributed by atoms with Crippen LogP contribution in [0.3, 0.4) is 0 Å². The summed E-state index contributed by atoms with van der Waals surface area (Å²) in [6.45, 7) is 3.10. The van der Waals surface area contributed by atoms with Gasteiger partial charge in [-0.05, 0) is 25.3 Å². The van der Waals surface area contributed by atoms with E-state index in [1.165, 1.54) is 11.3 Å². The predicted octanol–water partition coefficient (Wildman–Crippen LogP) is 0.0280. The first-order valence-corrected chi connectivity index (χ1v) is 6.25. The molecule has 0 spiro atoms. The van der Waals surface area contributed by atoms with Gasteiger partial charge in [0.05, 0.1) is 6.54 Å². The van der Waals surface area contributed by atoms with Crippen molar-refractivity contribution in [2.45, 2.75) is 19.4 Å². The molecule has 1 aromatic rings. The molecule has 0 bridgehead atoms. The molecule has 16 heavy (non-hydrogen) atoms. The molecule has 0 amide bonds. The minimum Gasteiger partial charge on any atom is -0.396 e. The highest BCUT2D eigenvalue weighted by Crippen LogP contribution is 2.20. The minimum atomic E-state index is 0.280. The van der Waals surface area contributed by atoms with Gasteiger partial charge in [0.15, 0.2) is 0 Å². The smallest absolute Gasteiger partial charge is 0.219 e. The molecule has 6 nitrogen and oxygen atoms in total. The number of nitrogen functional groups attached to an aromatic ring is 1. The number of nitrogens with two attached hydrogens (primary N) is 1. The molecular formula is C9H17N5OS. The summed E-state index contributed by atoms with van der Waals surface area (Å²) in [5.74, 6) is 5.66. The lowest BCUT2D eigenvalue weighted by atomic mass is 9.99. The maximum atomic E-state index is 9.14. The summed E-state index contributed by atoms with van der Waals surface area (Å²) in [6, 6.07) is 0. The number of rotatable bonds is 4. The molecule has 1 atom stereocenters. The topological polar surface area (TPSA) is 87.3 Å². The largest absolute Gasteiger partial charge is 0.396 e. The van der Waals surface area contributed by atoms with Crippen molar-refractivity contribution in [1.29, 1.82) is 0 Å². The molecule has 0 aliphatic carbocycles. The Bertz CT molecular complexity index is 331. The van der Waals surface area contributed by atoms with E-state index in [1.54, 1.807) is 0 Å². The molecule has 4 N–H and O–H groups in total. The van der Waals surface area contributed by atoms with E-state index in [-0.39, 0.29) is 6.61 Å². The SMILES string of the molecule is NNc1nnc(CN2CCCC(CO)C2)s1. The van der Waals surface area contributed by atoms with Crippen LogP contribution in [0.5, 0.6) is 0 Å². The number of aliphatic hydroxyl groups excluding tert-OH is 1. The zero-order valence-corrected chi connectivity index (χ0v) is 9.91. The van der Waals surface area contributed by atoms with Crippen molar-refractivity contribution >= 4 is 16.5 Å². The maximum Gasteiger partial charge on any atom is 0.219 e. The first-order valence-electron chi connectivity index (χ1n) is 5.44. The lowest BCUT2D eigenvalue weighted by Gasteiger charge is -2.30. The van der Waals surface area contributed by atoms with Gasteiger partial charge in [-0.25, -0.2) is 5.84 Å². The molecule has 1 saturated heterocycles. The lowest BCUT2D eigenvalue weighted by Crippen LogP contribution is -2.36. The number of aromatic nitrogens is 2. The van der Waals surface area contributed by atoms with E-state index in [0.29, 0.717) is 11.0 Å². The molecule has 7 heteroatoms. The Morgan fingerprint density at radius 1 is 1.56 bits per heavy atom. The van der Waals surface area contributed by atoms with Crippen molar-refractivity contribution in [2.24, 2.45) is 11.8 Å². The molecule has 1 aliphatic heterocycles. The van der Waals surface area contributed by atoms with Crippen LogP contribution in [0.4, 0.5) is 5.13 Å². The van der Waals surface area contributed by atoms with Crippen LogP contribution < -0.4 is 11.3 Å². The molecule has 0 saturated carbocycles. The van der Waals surface area contributed by atoms with E-state index in [4.69, 9.17) is 10.9 Å². The van der Waals surface area contributed by atoms with Gasteiger partial charge in [-0.15, -0.1) is 10.2 Å². The van der Waals surface area contributed by atoms with E-state index in [0.717, 1.165) is 37.5 Å². The summed E-state index contributed by atoms with van der Waals surface area (Å²) in [5.41, 5.74) is 2.49. The number of nitrogens with zero attached hydrogens (tertiary/aromatic N) is 3. The van der Waals surface area contributed by atoms with E-state index in [1.807, 2.05) is 0 Å².